The molecule has 0 saturated carbocycles. The molecule has 0 radical (unpaired) electrons. The van der Waals surface area contributed by atoms with Crippen LogP contribution in [0.25, 0.3) is 66.6 Å². The summed E-state index contributed by atoms with van der Waals surface area (Å²) in [5.41, 5.74) is 4.19. The Morgan fingerprint density at radius 2 is 0.962 bits per heavy atom. The van der Waals surface area contributed by atoms with Gasteiger partial charge in [0.05, 0.1) is 28.3 Å². The first kappa shape index (κ1) is 30.4. The molecule has 252 valence electrons. The third-order valence-electron chi connectivity index (χ3n) is 9.25. The summed E-state index contributed by atoms with van der Waals surface area (Å²) in [4.78, 5) is 13.6. The van der Waals surface area contributed by atoms with E-state index in [1.807, 2.05) is 97.1 Å². The van der Waals surface area contributed by atoms with E-state index in [0.29, 0.717) is 22.9 Å². The van der Waals surface area contributed by atoms with Crippen molar-refractivity contribution in [3.05, 3.63) is 164 Å². The molecule has 0 spiro atoms. The van der Waals surface area contributed by atoms with Crippen molar-refractivity contribution >= 4 is 43.6 Å². The lowest BCUT2D eigenvalue weighted by Crippen LogP contribution is -1.99. The maximum atomic E-state index is 16.7. The summed E-state index contributed by atoms with van der Waals surface area (Å²) in [5, 5.41) is 12.3. The lowest BCUT2D eigenvalue weighted by atomic mass is 10.1. The highest BCUT2D eigenvalue weighted by molar-refractivity contribution is 6.10. The van der Waals surface area contributed by atoms with E-state index in [4.69, 9.17) is 9.47 Å². The summed E-state index contributed by atoms with van der Waals surface area (Å²) >= 11 is 0. The number of hydrogen-bond donors (Lipinski definition) is 0. The number of para-hydroxylation sites is 2. The van der Waals surface area contributed by atoms with E-state index in [-0.39, 0.29) is 11.5 Å². The van der Waals surface area contributed by atoms with Gasteiger partial charge in [-0.3, -0.25) is 9.13 Å². The SMILES string of the molecule is Fc1c(Oc2ccc3c4ccccc4n(-c4ccccn4)c3c2)cc(-c2nccnn2)cc1Oc1ccc2c3ccccc3n(-c3ccccn3)c2c1. The molecule has 5 heterocycles. The molecule has 0 aliphatic rings. The zero-order chi connectivity index (χ0) is 35.3. The van der Waals surface area contributed by atoms with Gasteiger partial charge in [-0.05, 0) is 72.8 Å². The Hall–Kier alpha value is -7.46. The van der Waals surface area contributed by atoms with Crippen molar-refractivity contribution in [2.45, 2.75) is 0 Å². The summed E-state index contributed by atoms with van der Waals surface area (Å²) in [5.74, 6) is 1.84. The second-order valence-corrected chi connectivity index (χ2v) is 12.4. The van der Waals surface area contributed by atoms with Crippen LogP contribution in [0.15, 0.2) is 158 Å². The van der Waals surface area contributed by atoms with Gasteiger partial charge in [-0.1, -0.05) is 48.5 Å². The van der Waals surface area contributed by atoms with E-state index in [1.54, 1.807) is 24.5 Å². The van der Waals surface area contributed by atoms with E-state index < -0.39 is 5.82 Å². The maximum Gasteiger partial charge on any atom is 0.208 e. The number of hydrogen-bond acceptors (Lipinski definition) is 7. The van der Waals surface area contributed by atoms with Gasteiger partial charge in [-0.2, -0.15) is 9.49 Å². The van der Waals surface area contributed by atoms with Crippen LogP contribution < -0.4 is 9.47 Å². The molecule has 5 aromatic heterocycles. The van der Waals surface area contributed by atoms with Gasteiger partial charge in [0, 0.05) is 57.8 Å². The van der Waals surface area contributed by atoms with Gasteiger partial charge in [0.1, 0.15) is 23.1 Å². The minimum atomic E-state index is -0.687. The number of halogens is 1. The Labute approximate surface area is 301 Å². The van der Waals surface area contributed by atoms with Crippen molar-refractivity contribution < 1.29 is 13.9 Å². The molecule has 10 rings (SSSR count). The summed E-state index contributed by atoms with van der Waals surface area (Å²) in [7, 11) is 0. The van der Waals surface area contributed by atoms with Crippen LogP contribution in [0.5, 0.6) is 23.0 Å². The monoisotopic (exact) mass is 691 g/mol. The average Bonchev–Trinajstić information content (AvgIpc) is 3.72. The van der Waals surface area contributed by atoms with Crippen molar-refractivity contribution in [3.63, 3.8) is 0 Å². The fourth-order valence-electron chi connectivity index (χ4n) is 6.98. The molecular formula is C43H26FN7O2. The number of ether oxygens (including phenoxy) is 2. The molecule has 10 heteroatoms. The van der Waals surface area contributed by atoms with Gasteiger partial charge in [0.2, 0.25) is 5.82 Å². The first-order valence-corrected chi connectivity index (χ1v) is 16.9. The largest absolute Gasteiger partial charge is 0.454 e. The first-order chi connectivity index (χ1) is 26.2. The molecule has 0 aliphatic carbocycles. The maximum absolute atomic E-state index is 16.7. The van der Waals surface area contributed by atoms with Gasteiger partial charge in [-0.15, -0.1) is 5.10 Å². The van der Waals surface area contributed by atoms with Crippen molar-refractivity contribution in [1.82, 2.24) is 34.3 Å². The number of rotatable bonds is 7. The molecule has 0 saturated heterocycles. The molecular weight excluding hydrogens is 666 g/mol. The van der Waals surface area contributed by atoms with Crippen LogP contribution in [-0.4, -0.2) is 34.3 Å². The highest BCUT2D eigenvalue weighted by Crippen LogP contribution is 2.41. The minimum absolute atomic E-state index is 0.0616. The molecule has 0 atom stereocenters. The Kier molecular flexibility index (Phi) is 7.10. The number of pyridine rings is 2. The molecule has 0 bridgehead atoms. The third kappa shape index (κ3) is 5.20. The summed E-state index contributed by atoms with van der Waals surface area (Å²) in [6.45, 7) is 0. The molecule has 0 unspecified atom stereocenters. The van der Waals surface area contributed by atoms with Gasteiger partial charge in [0.15, 0.2) is 17.3 Å². The van der Waals surface area contributed by atoms with Crippen LogP contribution in [0.1, 0.15) is 0 Å². The molecule has 9 nitrogen and oxygen atoms in total. The topological polar surface area (TPSA) is 92.8 Å². The Morgan fingerprint density at radius 3 is 1.45 bits per heavy atom. The van der Waals surface area contributed by atoms with E-state index in [1.165, 1.54) is 12.4 Å². The third-order valence-corrected chi connectivity index (χ3v) is 9.25. The van der Waals surface area contributed by atoms with Gasteiger partial charge in [-0.25, -0.2) is 15.0 Å². The number of benzene rings is 5. The van der Waals surface area contributed by atoms with Gasteiger partial charge in [0.25, 0.3) is 0 Å². The second-order valence-electron chi connectivity index (χ2n) is 12.4. The van der Waals surface area contributed by atoms with Crippen molar-refractivity contribution in [3.8, 4) is 46.0 Å². The fraction of sp³-hybridized carbons (Fsp3) is 0. The Bertz CT molecular complexity index is 2790. The highest BCUT2D eigenvalue weighted by atomic mass is 19.1. The quantitative estimate of drug-likeness (QED) is 0.164. The van der Waals surface area contributed by atoms with Crippen molar-refractivity contribution in [2.24, 2.45) is 0 Å². The van der Waals surface area contributed by atoms with E-state index in [0.717, 1.165) is 55.2 Å². The smallest absolute Gasteiger partial charge is 0.208 e. The number of fused-ring (bicyclic) bond motifs is 6. The first-order valence-electron chi connectivity index (χ1n) is 16.9. The molecule has 0 amide bonds. The average molecular weight is 692 g/mol. The predicted molar refractivity (Wildman–Crippen MR) is 203 cm³/mol. The minimum Gasteiger partial charge on any atom is -0.454 e. The van der Waals surface area contributed by atoms with Crippen LogP contribution in [0.4, 0.5) is 4.39 Å². The zero-order valence-corrected chi connectivity index (χ0v) is 27.8. The van der Waals surface area contributed by atoms with Crippen LogP contribution in [-0.2, 0) is 0 Å². The predicted octanol–water partition coefficient (Wildman–Crippen LogP) is 10.2. The van der Waals surface area contributed by atoms with Gasteiger partial charge >= 0.3 is 0 Å². The lowest BCUT2D eigenvalue weighted by molar-refractivity contribution is 0.402. The Morgan fingerprint density at radius 1 is 0.453 bits per heavy atom. The van der Waals surface area contributed by atoms with E-state index in [2.05, 4.69) is 58.5 Å². The summed E-state index contributed by atoms with van der Waals surface area (Å²) < 4.78 is 33.5. The molecule has 0 N–H and O–H groups in total. The van der Waals surface area contributed by atoms with Crippen LogP contribution >= 0.6 is 0 Å². The molecule has 10 aromatic rings. The molecule has 0 aliphatic heterocycles. The standard InChI is InChI=1S/C43H26FN7O2/c44-42-38(52-28-15-17-32-30-9-1-3-11-34(30)50(36(32)25-28)40-13-5-7-19-45-40)23-27(43-47-21-22-48-49-43)24-39(42)53-29-16-18-33-31-10-2-4-12-35(31)51(37(33)26-29)41-14-6-8-20-46-41/h1-26H. The second kappa shape index (κ2) is 12.4. The van der Waals surface area contributed by atoms with Crippen molar-refractivity contribution in [2.75, 3.05) is 0 Å². The number of nitrogens with zero attached hydrogens (tertiary/aromatic N) is 7. The lowest BCUT2D eigenvalue weighted by Gasteiger charge is -2.14. The van der Waals surface area contributed by atoms with E-state index >= 15 is 4.39 Å². The Balaban J connectivity index is 1.09. The van der Waals surface area contributed by atoms with Gasteiger partial charge < -0.3 is 9.47 Å². The van der Waals surface area contributed by atoms with E-state index in [9.17, 15) is 0 Å². The number of aromatic nitrogens is 7. The zero-order valence-electron chi connectivity index (χ0n) is 27.8. The van der Waals surface area contributed by atoms with Crippen molar-refractivity contribution in [1.29, 1.82) is 0 Å². The van der Waals surface area contributed by atoms with Crippen LogP contribution in [0.2, 0.25) is 0 Å². The summed E-state index contributed by atoms with van der Waals surface area (Å²) in [6, 6.07) is 42.3. The molecule has 5 aromatic carbocycles. The van der Waals surface area contributed by atoms with Crippen LogP contribution in [0.3, 0.4) is 0 Å². The molecule has 53 heavy (non-hydrogen) atoms. The normalized spacial score (nSPS) is 11.5. The van der Waals surface area contributed by atoms with Crippen LogP contribution in [0, 0.1) is 5.82 Å². The summed E-state index contributed by atoms with van der Waals surface area (Å²) in [6.07, 6.45) is 6.53. The fourth-order valence-corrected chi connectivity index (χ4v) is 6.98. The molecule has 0 fully saturated rings. The highest BCUT2D eigenvalue weighted by Gasteiger charge is 2.20.